The summed E-state index contributed by atoms with van der Waals surface area (Å²) in [5.41, 5.74) is 6.88. The highest BCUT2D eigenvalue weighted by Crippen LogP contribution is 2.45. The summed E-state index contributed by atoms with van der Waals surface area (Å²) < 4.78 is 18.8. The van der Waals surface area contributed by atoms with Gasteiger partial charge in [-0.15, -0.1) is 0 Å². The molecule has 6 heteroatoms. The summed E-state index contributed by atoms with van der Waals surface area (Å²) in [5, 5.41) is 9.20. The van der Waals surface area contributed by atoms with Crippen LogP contribution in [0.4, 0.5) is 0 Å². The Hall–Kier alpha value is -3.72. The molecule has 0 atom stereocenters. The maximum Gasteiger partial charge on any atom is 0.340 e. The number of fused-ring (bicyclic) bond motifs is 3. The van der Waals surface area contributed by atoms with Crippen molar-refractivity contribution in [1.29, 1.82) is 5.26 Å². The molecule has 0 bridgehead atoms. The zero-order valence-corrected chi connectivity index (χ0v) is 18.8. The summed E-state index contributed by atoms with van der Waals surface area (Å²) in [4.78, 5) is 13.3. The summed E-state index contributed by atoms with van der Waals surface area (Å²) in [5.74, 6) is 0.943. The molecular weight excluding hydrogens is 404 g/mol. The molecule has 0 radical (unpaired) electrons. The number of benzene rings is 2. The molecule has 0 amide bonds. The Morgan fingerprint density at radius 1 is 1.09 bits per heavy atom. The third kappa shape index (κ3) is 3.40. The van der Waals surface area contributed by atoms with Crippen LogP contribution in [0.1, 0.15) is 41.0 Å². The van der Waals surface area contributed by atoms with Gasteiger partial charge in [-0.2, -0.15) is 5.26 Å². The molecule has 164 valence electrons. The molecule has 32 heavy (non-hydrogen) atoms. The fourth-order valence-electron chi connectivity index (χ4n) is 4.57. The largest absolute Gasteiger partial charge is 0.493 e. The van der Waals surface area contributed by atoms with E-state index in [1.54, 1.807) is 26.4 Å². The van der Waals surface area contributed by atoms with E-state index in [9.17, 15) is 10.1 Å². The highest BCUT2D eigenvalue weighted by atomic mass is 16.5. The van der Waals surface area contributed by atoms with E-state index in [0.29, 0.717) is 22.6 Å². The zero-order chi connectivity index (χ0) is 22.8. The van der Waals surface area contributed by atoms with Crippen molar-refractivity contribution in [2.75, 3.05) is 20.8 Å². The van der Waals surface area contributed by atoms with Gasteiger partial charge in [0.25, 0.3) is 0 Å². The Labute approximate surface area is 188 Å². The number of esters is 1. The highest BCUT2D eigenvalue weighted by molar-refractivity contribution is 6.05. The van der Waals surface area contributed by atoms with Gasteiger partial charge >= 0.3 is 5.97 Å². The van der Waals surface area contributed by atoms with Crippen LogP contribution in [0.25, 0.3) is 22.4 Å². The molecule has 0 aliphatic carbocycles. The summed E-state index contributed by atoms with van der Waals surface area (Å²) in [6.45, 7) is 4.94. The average molecular weight is 431 g/mol. The van der Waals surface area contributed by atoms with Gasteiger partial charge in [-0.25, -0.2) is 4.79 Å². The zero-order valence-electron chi connectivity index (χ0n) is 18.8. The van der Waals surface area contributed by atoms with Crippen molar-refractivity contribution in [2.45, 2.75) is 33.2 Å². The van der Waals surface area contributed by atoms with Gasteiger partial charge in [-0.3, -0.25) is 0 Å². The Kier molecular flexibility index (Phi) is 5.91. The Morgan fingerprint density at radius 2 is 1.78 bits per heavy atom. The second kappa shape index (κ2) is 8.80. The fourth-order valence-corrected chi connectivity index (χ4v) is 4.57. The molecule has 2 aromatic carbocycles. The highest BCUT2D eigenvalue weighted by Gasteiger charge is 2.33. The third-order valence-corrected chi connectivity index (χ3v) is 5.96. The van der Waals surface area contributed by atoms with Crippen LogP contribution in [0.3, 0.4) is 0 Å². The summed E-state index contributed by atoms with van der Waals surface area (Å²) in [7, 11) is 3.23. The number of rotatable bonds is 6. The number of nitrogens with zero attached hydrogens (tertiary/aromatic N) is 2. The predicted octanol–water partition coefficient (Wildman–Crippen LogP) is 5.01. The Morgan fingerprint density at radius 3 is 2.38 bits per heavy atom. The van der Waals surface area contributed by atoms with Gasteiger partial charge in [0.15, 0.2) is 11.5 Å². The van der Waals surface area contributed by atoms with Gasteiger partial charge in [-0.05, 0) is 55.2 Å². The van der Waals surface area contributed by atoms with E-state index < -0.39 is 0 Å². The molecule has 0 saturated heterocycles. The van der Waals surface area contributed by atoms with Crippen LogP contribution in [0.2, 0.25) is 0 Å². The van der Waals surface area contributed by atoms with Crippen LogP contribution >= 0.6 is 0 Å². The van der Waals surface area contributed by atoms with Gasteiger partial charge in [0.1, 0.15) is 0 Å². The normalized spacial score (nSPS) is 11.8. The molecule has 4 rings (SSSR count). The second-order valence-corrected chi connectivity index (χ2v) is 7.57. The van der Waals surface area contributed by atoms with Crippen molar-refractivity contribution >= 4 is 5.97 Å². The first-order chi connectivity index (χ1) is 15.6. The minimum absolute atomic E-state index is 0.288. The number of hydrogen-bond acceptors (Lipinski definition) is 5. The molecule has 0 spiro atoms. The van der Waals surface area contributed by atoms with Gasteiger partial charge in [-0.1, -0.05) is 19.1 Å². The molecule has 2 heterocycles. The maximum absolute atomic E-state index is 13.3. The molecule has 1 aliphatic rings. The first kappa shape index (κ1) is 21.5. The van der Waals surface area contributed by atoms with Crippen LogP contribution in [-0.2, 0) is 24.1 Å². The lowest BCUT2D eigenvalue weighted by atomic mass is 9.93. The van der Waals surface area contributed by atoms with E-state index in [2.05, 4.69) is 17.6 Å². The fraction of sp³-hybridized carbons (Fsp3) is 0.308. The molecule has 1 aromatic heterocycles. The van der Waals surface area contributed by atoms with E-state index in [1.165, 1.54) is 0 Å². The number of hydrogen-bond donors (Lipinski definition) is 0. The first-order valence-corrected chi connectivity index (χ1v) is 10.8. The molecular formula is C26H26N2O4. The smallest absolute Gasteiger partial charge is 0.340 e. The van der Waals surface area contributed by atoms with Crippen LogP contribution < -0.4 is 9.47 Å². The van der Waals surface area contributed by atoms with Crippen LogP contribution in [-0.4, -0.2) is 31.4 Å². The first-order valence-electron chi connectivity index (χ1n) is 10.8. The van der Waals surface area contributed by atoms with Crippen molar-refractivity contribution in [3.63, 3.8) is 0 Å². The predicted molar refractivity (Wildman–Crippen MR) is 122 cm³/mol. The second-order valence-electron chi connectivity index (χ2n) is 7.57. The Bertz CT molecular complexity index is 1220. The quantitative estimate of drug-likeness (QED) is 0.514. The molecule has 0 saturated carbocycles. The van der Waals surface area contributed by atoms with E-state index in [4.69, 9.17) is 14.2 Å². The number of aromatic nitrogens is 1. The van der Waals surface area contributed by atoms with E-state index in [-0.39, 0.29) is 12.6 Å². The molecule has 3 aromatic rings. The van der Waals surface area contributed by atoms with Crippen molar-refractivity contribution < 1.29 is 19.0 Å². The number of aryl methyl sites for hydroxylation is 1. The molecule has 0 N–H and O–H groups in total. The SMILES string of the molecule is CCOC(=O)c1c(-c2ccc(C#N)cc2)c(CC)n2c1-c1cc(OC)c(OC)cc1CC2. The van der Waals surface area contributed by atoms with Crippen LogP contribution in [0, 0.1) is 11.3 Å². The van der Waals surface area contributed by atoms with Crippen molar-refractivity contribution in [3.05, 3.63) is 58.8 Å². The van der Waals surface area contributed by atoms with Crippen LogP contribution in [0.5, 0.6) is 11.5 Å². The van der Waals surface area contributed by atoms with Gasteiger partial charge in [0.2, 0.25) is 0 Å². The number of carbonyl (C=O) groups excluding carboxylic acids is 1. The lowest BCUT2D eigenvalue weighted by molar-refractivity contribution is 0.0528. The lowest BCUT2D eigenvalue weighted by Crippen LogP contribution is -2.15. The molecule has 0 fully saturated rings. The summed E-state index contributed by atoms with van der Waals surface area (Å²) in [6.07, 6.45) is 1.57. The van der Waals surface area contributed by atoms with E-state index >= 15 is 0 Å². The molecule has 0 unspecified atom stereocenters. The standard InChI is InChI=1S/C26H26N2O4/c1-5-20-23(17-9-7-16(15-27)8-10-17)24(26(29)32-6-2)25-19-14-22(31-4)21(30-3)13-18(19)11-12-28(20)25/h7-10,13-14H,5-6,11-12H2,1-4H3. The number of ether oxygens (including phenoxy) is 3. The van der Waals surface area contributed by atoms with Gasteiger partial charge in [0, 0.05) is 23.4 Å². The third-order valence-electron chi connectivity index (χ3n) is 5.96. The number of methoxy groups -OCH3 is 2. The van der Waals surface area contributed by atoms with Crippen molar-refractivity contribution in [1.82, 2.24) is 4.57 Å². The monoisotopic (exact) mass is 430 g/mol. The minimum Gasteiger partial charge on any atom is -0.493 e. The van der Waals surface area contributed by atoms with Gasteiger partial charge < -0.3 is 18.8 Å². The minimum atomic E-state index is -0.349. The van der Waals surface area contributed by atoms with Crippen LogP contribution in [0.15, 0.2) is 36.4 Å². The Balaban J connectivity index is 2.05. The average Bonchev–Trinajstić information content (AvgIpc) is 3.18. The molecule has 1 aliphatic heterocycles. The molecule has 6 nitrogen and oxygen atoms in total. The van der Waals surface area contributed by atoms with Gasteiger partial charge in [0.05, 0.1) is 43.7 Å². The van der Waals surface area contributed by atoms with E-state index in [1.807, 2.05) is 31.2 Å². The van der Waals surface area contributed by atoms with Crippen molar-refractivity contribution in [2.24, 2.45) is 0 Å². The van der Waals surface area contributed by atoms with Crippen molar-refractivity contribution in [3.8, 4) is 40.0 Å². The number of nitriles is 1. The topological polar surface area (TPSA) is 73.5 Å². The summed E-state index contributed by atoms with van der Waals surface area (Å²) in [6, 6.07) is 13.5. The number of carbonyl (C=O) groups is 1. The summed E-state index contributed by atoms with van der Waals surface area (Å²) >= 11 is 0. The maximum atomic E-state index is 13.3. The van der Waals surface area contributed by atoms with E-state index in [0.717, 1.165) is 53.0 Å². The lowest BCUT2D eigenvalue weighted by Gasteiger charge is -2.23.